The number of para-hydroxylation sites is 1. The van der Waals surface area contributed by atoms with Gasteiger partial charge in [-0.3, -0.25) is 4.79 Å². The quantitative estimate of drug-likeness (QED) is 0.648. The predicted octanol–water partition coefficient (Wildman–Crippen LogP) is 2.08. The van der Waals surface area contributed by atoms with Crippen LogP contribution in [0.4, 0.5) is 0 Å². The van der Waals surface area contributed by atoms with E-state index in [1.54, 1.807) is 19.0 Å². The summed E-state index contributed by atoms with van der Waals surface area (Å²) in [6.07, 6.45) is 5.70. The summed E-state index contributed by atoms with van der Waals surface area (Å²) in [4.78, 5) is 18.0. The van der Waals surface area contributed by atoms with Crippen molar-refractivity contribution in [2.75, 3.05) is 27.2 Å². The largest absolute Gasteiger partial charge is 0.493 e. The molecule has 2 aliphatic rings. The summed E-state index contributed by atoms with van der Waals surface area (Å²) >= 11 is 0. The normalized spacial score (nSPS) is 20.6. The second-order valence-corrected chi connectivity index (χ2v) is 6.95. The molecule has 0 aromatic heterocycles. The zero-order chi connectivity index (χ0) is 17.6. The summed E-state index contributed by atoms with van der Waals surface area (Å²) in [6, 6.07) is 8.69. The molecule has 1 aromatic carbocycles. The van der Waals surface area contributed by atoms with E-state index in [0.29, 0.717) is 12.6 Å². The van der Waals surface area contributed by atoms with Gasteiger partial charge in [-0.15, -0.1) is 0 Å². The van der Waals surface area contributed by atoms with Gasteiger partial charge in [0.25, 0.3) is 0 Å². The van der Waals surface area contributed by atoms with Crippen molar-refractivity contribution in [1.82, 2.24) is 15.5 Å². The molecule has 1 atom stereocenters. The van der Waals surface area contributed by atoms with Crippen molar-refractivity contribution in [1.29, 1.82) is 0 Å². The van der Waals surface area contributed by atoms with E-state index >= 15 is 0 Å². The molecule has 25 heavy (non-hydrogen) atoms. The second-order valence-electron chi connectivity index (χ2n) is 6.95. The van der Waals surface area contributed by atoms with Crippen LogP contribution in [0.1, 0.15) is 43.7 Å². The van der Waals surface area contributed by atoms with Gasteiger partial charge in [0.05, 0.1) is 12.6 Å². The lowest BCUT2D eigenvalue weighted by atomic mass is 10.0. The molecule has 6 nitrogen and oxygen atoms in total. The minimum Gasteiger partial charge on any atom is -0.493 e. The Morgan fingerprint density at radius 3 is 2.72 bits per heavy atom. The lowest BCUT2D eigenvalue weighted by Gasteiger charge is -2.29. The molecule has 1 fully saturated rings. The number of carbonyl (C=O) groups is 1. The highest BCUT2D eigenvalue weighted by molar-refractivity contribution is 5.85. The van der Waals surface area contributed by atoms with E-state index in [2.05, 4.69) is 21.7 Å². The minimum absolute atomic E-state index is 0.0000930. The van der Waals surface area contributed by atoms with Gasteiger partial charge in [0, 0.05) is 32.1 Å². The molecule has 1 amide bonds. The molecule has 0 radical (unpaired) electrons. The number of guanidine groups is 1. The number of aliphatic imine (C=N–C) groups is 1. The van der Waals surface area contributed by atoms with Gasteiger partial charge in [0.1, 0.15) is 12.3 Å². The molecule has 1 heterocycles. The number of fused-ring (bicyclic) bond motifs is 1. The summed E-state index contributed by atoms with van der Waals surface area (Å²) in [5.41, 5.74) is 1.15. The highest BCUT2D eigenvalue weighted by Crippen LogP contribution is 2.31. The van der Waals surface area contributed by atoms with Crippen molar-refractivity contribution < 1.29 is 9.53 Å². The third kappa shape index (κ3) is 4.65. The van der Waals surface area contributed by atoms with E-state index in [1.807, 2.05) is 18.2 Å². The van der Waals surface area contributed by atoms with Gasteiger partial charge in [0.2, 0.25) is 5.91 Å². The number of likely N-dealkylation sites (N-methyl/N-ethyl adjacent to an activating group) is 1. The van der Waals surface area contributed by atoms with Crippen LogP contribution in [0.5, 0.6) is 5.75 Å². The maximum Gasteiger partial charge on any atom is 0.243 e. The molecule has 1 unspecified atom stereocenters. The molecule has 0 saturated heterocycles. The maximum absolute atomic E-state index is 11.9. The summed E-state index contributed by atoms with van der Waals surface area (Å²) < 4.78 is 5.74. The topological polar surface area (TPSA) is 66.0 Å². The monoisotopic (exact) mass is 344 g/mol. The molecule has 136 valence electrons. The summed E-state index contributed by atoms with van der Waals surface area (Å²) in [5.74, 6) is 1.65. The number of ether oxygens (including phenoxy) is 1. The Bertz CT molecular complexity index is 624. The molecule has 1 saturated carbocycles. The number of rotatable bonds is 4. The first-order chi connectivity index (χ1) is 12.1. The standard InChI is InChI=1S/C19H28N4O2/c1-23(2)18(24)13-20-19(21-14-7-3-4-8-14)22-16-11-12-25-17-10-6-5-9-15(16)17/h5-6,9-10,14,16H,3-4,7-8,11-13H2,1-2H3,(H2,20,21,22). The van der Waals surface area contributed by atoms with E-state index in [0.717, 1.165) is 36.5 Å². The lowest BCUT2D eigenvalue weighted by molar-refractivity contribution is -0.127. The van der Waals surface area contributed by atoms with Crippen LogP contribution in [-0.4, -0.2) is 50.1 Å². The second kappa shape index (κ2) is 8.23. The van der Waals surface area contributed by atoms with Crippen LogP contribution in [0.2, 0.25) is 0 Å². The van der Waals surface area contributed by atoms with Gasteiger partial charge < -0.3 is 20.3 Å². The van der Waals surface area contributed by atoms with Gasteiger partial charge in [-0.05, 0) is 18.9 Å². The number of benzene rings is 1. The SMILES string of the molecule is CN(C)C(=O)CN=C(NC1CCCC1)NC1CCOc2ccccc21. The van der Waals surface area contributed by atoms with Crippen LogP contribution in [0, 0.1) is 0 Å². The Morgan fingerprint density at radius 1 is 1.20 bits per heavy atom. The fourth-order valence-electron chi connectivity index (χ4n) is 3.34. The number of hydrogen-bond donors (Lipinski definition) is 2. The highest BCUT2D eigenvalue weighted by Gasteiger charge is 2.24. The summed E-state index contributed by atoms with van der Waals surface area (Å²) in [5, 5.41) is 7.04. The lowest BCUT2D eigenvalue weighted by Crippen LogP contribution is -2.45. The summed E-state index contributed by atoms with van der Waals surface area (Å²) in [7, 11) is 3.51. The number of nitrogens with one attached hydrogen (secondary N) is 2. The van der Waals surface area contributed by atoms with Crippen molar-refractivity contribution in [2.24, 2.45) is 4.99 Å². The Kier molecular flexibility index (Phi) is 5.79. The van der Waals surface area contributed by atoms with E-state index in [9.17, 15) is 4.79 Å². The number of hydrogen-bond acceptors (Lipinski definition) is 3. The third-order valence-electron chi connectivity index (χ3n) is 4.84. The van der Waals surface area contributed by atoms with Gasteiger partial charge in [-0.1, -0.05) is 31.0 Å². The first kappa shape index (κ1) is 17.6. The van der Waals surface area contributed by atoms with Crippen molar-refractivity contribution in [3.8, 4) is 5.75 Å². The van der Waals surface area contributed by atoms with Crippen LogP contribution in [0.3, 0.4) is 0 Å². The summed E-state index contributed by atoms with van der Waals surface area (Å²) in [6.45, 7) is 0.835. The van der Waals surface area contributed by atoms with Gasteiger partial charge in [-0.25, -0.2) is 4.99 Å². The average Bonchev–Trinajstić information content (AvgIpc) is 3.12. The minimum atomic E-state index is -0.0000930. The number of carbonyl (C=O) groups excluding carboxylic acids is 1. The molecule has 6 heteroatoms. The Morgan fingerprint density at radius 2 is 1.96 bits per heavy atom. The zero-order valence-corrected chi connectivity index (χ0v) is 15.1. The molecule has 1 aromatic rings. The molecular weight excluding hydrogens is 316 g/mol. The molecule has 1 aliphatic heterocycles. The third-order valence-corrected chi connectivity index (χ3v) is 4.84. The molecular formula is C19H28N4O2. The molecule has 3 rings (SSSR count). The Labute approximate surface area is 149 Å². The molecule has 0 spiro atoms. The molecule has 2 N–H and O–H groups in total. The van der Waals surface area contributed by atoms with Crippen molar-refractivity contribution in [3.63, 3.8) is 0 Å². The van der Waals surface area contributed by atoms with E-state index in [1.165, 1.54) is 12.8 Å². The van der Waals surface area contributed by atoms with Crippen LogP contribution in [0.15, 0.2) is 29.3 Å². The van der Waals surface area contributed by atoms with Crippen molar-refractivity contribution in [3.05, 3.63) is 29.8 Å². The van der Waals surface area contributed by atoms with Crippen LogP contribution >= 0.6 is 0 Å². The van der Waals surface area contributed by atoms with Gasteiger partial charge in [-0.2, -0.15) is 0 Å². The fraction of sp³-hybridized carbons (Fsp3) is 0.579. The zero-order valence-electron chi connectivity index (χ0n) is 15.1. The van der Waals surface area contributed by atoms with E-state index in [-0.39, 0.29) is 18.5 Å². The van der Waals surface area contributed by atoms with Gasteiger partial charge >= 0.3 is 0 Å². The van der Waals surface area contributed by atoms with Crippen LogP contribution < -0.4 is 15.4 Å². The number of amides is 1. The molecule has 0 bridgehead atoms. The van der Waals surface area contributed by atoms with Crippen LogP contribution in [0.25, 0.3) is 0 Å². The molecule has 1 aliphatic carbocycles. The number of nitrogens with zero attached hydrogens (tertiary/aromatic N) is 2. The average molecular weight is 344 g/mol. The van der Waals surface area contributed by atoms with Crippen molar-refractivity contribution >= 4 is 11.9 Å². The van der Waals surface area contributed by atoms with E-state index in [4.69, 9.17) is 4.74 Å². The smallest absolute Gasteiger partial charge is 0.243 e. The van der Waals surface area contributed by atoms with Gasteiger partial charge in [0.15, 0.2) is 5.96 Å². The fourth-order valence-corrected chi connectivity index (χ4v) is 3.34. The Balaban J connectivity index is 1.72. The maximum atomic E-state index is 11.9. The first-order valence-corrected chi connectivity index (χ1v) is 9.13. The van der Waals surface area contributed by atoms with Crippen molar-refractivity contribution in [2.45, 2.75) is 44.2 Å². The Hall–Kier alpha value is -2.24. The van der Waals surface area contributed by atoms with Crippen LogP contribution in [-0.2, 0) is 4.79 Å². The first-order valence-electron chi connectivity index (χ1n) is 9.13. The van der Waals surface area contributed by atoms with E-state index < -0.39 is 0 Å². The highest BCUT2D eigenvalue weighted by atomic mass is 16.5. The predicted molar refractivity (Wildman–Crippen MR) is 98.8 cm³/mol.